The summed E-state index contributed by atoms with van der Waals surface area (Å²) in [5, 5.41) is 4.06. The largest absolute Gasteiger partial charge is 0.462 e. The van der Waals surface area contributed by atoms with Gasteiger partial charge in [0, 0.05) is 12.1 Å². The van der Waals surface area contributed by atoms with Crippen molar-refractivity contribution < 1.29 is 9.53 Å². The van der Waals surface area contributed by atoms with E-state index in [1.54, 1.807) is 0 Å². The van der Waals surface area contributed by atoms with Crippen LogP contribution in [0.4, 0.5) is 0 Å². The highest BCUT2D eigenvalue weighted by Gasteiger charge is 2.56. The number of esters is 1. The van der Waals surface area contributed by atoms with Crippen molar-refractivity contribution in [1.82, 2.24) is 5.32 Å². The minimum absolute atomic E-state index is 0.218. The molecule has 0 amide bonds. The molecule has 4 atom stereocenters. The van der Waals surface area contributed by atoms with Crippen LogP contribution in [0.15, 0.2) is 24.3 Å². The fourth-order valence-corrected chi connectivity index (χ4v) is 6.37. The van der Waals surface area contributed by atoms with E-state index in [0.29, 0.717) is 29.5 Å². The number of fused-ring (bicyclic) bond motifs is 2. The summed E-state index contributed by atoms with van der Waals surface area (Å²) < 4.78 is 5.08. The highest BCUT2D eigenvalue weighted by molar-refractivity contribution is 5.89. The molecule has 4 aliphatic rings. The first-order valence-corrected chi connectivity index (χ1v) is 11.4. The van der Waals surface area contributed by atoms with Crippen molar-refractivity contribution in [2.45, 2.75) is 84.2 Å². The third-order valence-corrected chi connectivity index (χ3v) is 8.42. The van der Waals surface area contributed by atoms with Crippen LogP contribution in [0.3, 0.4) is 0 Å². The first kappa shape index (κ1) is 19.9. The molecule has 0 saturated heterocycles. The van der Waals surface area contributed by atoms with Crippen molar-refractivity contribution in [1.29, 1.82) is 0 Å². The second kappa shape index (κ2) is 7.82. The van der Waals surface area contributed by atoms with Crippen LogP contribution in [-0.4, -0.2) is 24.7 Å². The zero-order valence-corrected chi connectivity index (χ0v) is 18.0. The van der Waals surface area contributed by atoms with Gasteiger partial charge in [0.25, 0.3) is 0 Å². The molecular formula is C25H37NO2. The summed E-state index contributed by atoms with van der Waals surface area (Å²) in [7, 11) is 0. The van der Waals surface area contributed by atoms with Gasteiger partial charge in [0.15, 0.2) is 0 Å². The zero-order chi connectivity index (χ0) is 19.9. The maximum Gasteiger partial charge on any atom is 0.338 e. The van der Waals surface area contributed by atoms with Crippen LogP contribution < -0.4 is 5.32 Å². The minimum Gasteiger partial charge on any atom is -0.462 e. The molecule has 1 aromatic rings. The summed E-state index contributed by atoms with van der Waals surface area (Å²) >= 11 is 0. The number of rotatable bonds is 5. The lowest BCUT2D eigenvalue weighted by molar-refractivity contribution is -0.117. The van der Waals surface area contributed by atoms with Crippen LogP contribution in [0, 0.1) is 23.2 Å². The molecule has 0 aliphatic heterocycles. The van der Waals surface area contributed by atoms with Gasteiger partial charge in [-0.3, -0.25) is 0 Å². The monoisotopic (exact) mass is 383 g/mol. The molecule has 1 aromatic carbocycles. The predicted octanol–water partition coefficient (Wildman–Crippen LogP) is 5.55. The smallest absolute Gasteiger partial charge is 0.338 e. The topological polar surface area (TPSA) is 38.3 Å². The molecule has 0 radical (unpaired) electrons. The summed E-state index contributed by atoms with van der Waals surface area (Å²) in [4.78, 5) is 11.8. The highest BCUT2D eigenvalue weighted by atomic mass is 16.5. The number of nitrogens with one attached hydrogen (secondary N) is 1. The molecule has 5 rings (SSSR count). The van der Waals surface area contributed by atoms with Gasteiger partial charge >= 0.3 is 5.97 Å². The van der Waals surface area contributed by atoms with Crippen molar-refractivity contribution in [2.75, 3.05) is 6.61 Å². The molecule has 1 N–H and O–H groups in total. The van der Waals surface area contributed by atoms with E-state index in [2.05, 4.69) is 38.2 Å². The lowest BCUT2D eigenvalue weighted by Gasteiger charge is -2.62. The molecular weight excluding hydrogens is 346 g/mol. The fourth-order valence-electron chi connectivity index (χ4n) is 6.37. The molecule has 154 valence electrons. The van der Waals surface area contributed by atoms with E-state index in [4.69, 9.17) is 4.74 Å². The number of hydrogen-bond donors (Lipinski definition) is 1. The van der Waals surface area contributed by atoms with Gasteiger partial charge in [0.05, 0.1) is 12.2 Å². The van der Waals surface area contributed by atoms with Gasteiger partial charge in [-0.05, 0) is 92.2 Å². The standard InChI is InChI=1S/C25H37NO2/c1-5-28-24(27)19-8-6-17(7-9-19)18-10-12-21(13-11-18)26-23-15-20-14-22(16(23)2)25(20,3)4/h6-9,16,18,20-23,26H,5,10-15H2,1-4H3/t16-,18?,20+,21?,22+,23+/m1/s1. The minimum atomic E-state index is -0.218. The average molecular weight is 384 g/mol. The molecule has 0 aromatic heterocycles. The Morgan fingerprint density at radius 1 is 1.11 bits per heavy atom. The molecule has 0 heterocycles. The van der Waals surface area contributed by atoms with Crippen LogP contribution >= 0.6 is 0 Å². The van der Waals surface area contributed by atoms with Gasteiger partial charge in [-0.15, -0.1) is 0 Å². The second-order valence-corrected chi connectivity index (χ2v) is 10.1. The quantitative estimate of drug-likeness (QED) is 0.678. The highest BCUT2D eigenvalue weighted by Crippen LogP contribution is 2.61. The van der Waals surface area contributed by atoms with Gasteiger partial charge in [0.2, 0.25) is 0 Å². The number of hydrogen-bond acceptors (Lipinski definition) is 3. The first-order chi connectivity index (χ1) is 13.4. The van der Waals surface area contributed by atoms with E-state index in [0.717, 1.165) is 23.8 Å². The summed E-state index contributed by atoms with van der Waals surface area (Å²) in [5.74, 6) is 3.07. The Morgan fingerprint density at radius 3 is 2.36 bits per heavy atom. The summed E-state index contributed by atoms with van der Waals surface area (Å²) in [6, 6.07) is 9.52. The number of ether oxygens (including phenoxy) is 1. The van der Waals surface area contributed by atoms with Gasteiger partial charge in [-0.1, -0.05) is 32.9 Å². The van der Waals surface area contributed by atoms with Crippen molar-refractivity contribution in [3.63, 3.8) is 0 Å². The van der Waals surface area contributed by atoms with E-state index in [1.165, 1.54) is 44.1 Å². The van der Waals surface area contributed by atoms with E-state index >= 15 is 0 Å². The van der Waals surface area contributed by atoms with E-state index in [9.17, 15) is 4.79 Å². The summed E-state index contributed by atoms with van der Waals surface area (Å²) in [5.41, 5.74) is 2.61. The Kier molecular flexibility index (Phi) is 5.57. The number of benzene rings is 1. The van der Waals surface area contributed by atoms with Crippen LogP contribution in [0.5, 0.6) is 0 Å². The molecule has 2 bridgehead atoms. The summed E-state index contributed by atoms with van der Waals surface area (Å²) in [6.07, 6.45) is 7.87. The predicted molar refractivity (Wildman–Crippen MR) is 113 cm³/mol. The Hall–Kier alpha value is -1.35. The van der Waals surface area contributed by atoms with Crippen molar-refractivity contribution in [3.8, 4) is 0 Å². The number of carbonyl (C=O) groups excluding carboxylic acids is 1. The molecule has 3 nitrogen and oxygen atoms in total. The van der Waals surface area contributed by atoms with Crippen molar-refractivity contribution >= 4 is 5.97 Å². The molecule has 0 spiro atoms. The van der Waals surface area contributed by atoms with Crippen molar-refractivity contribution in [3.05, 3.63) is 35.4 Å². The Labute approximate surface area is 170 Å². The SMILES string of the molecule is CCOC(=O)c1ccc(C2CCC(N[C@H]3C[C@@H]4C[C@@H]([C@H]3C)C4(C)C)CC2)cc1. The third kappa shape index (κ3) is 3.63. The van der Waals surface area contributed by atoms with E-state index in [1.807, 2.05) is 19.1 Å². The molecule has 3 heteroatoms. The van der Waals surface area contributed by atoms with Gasteiger partial charge < -0.3 is 10.1 Å². The van der Waals surface area contributed by atoms with Crippen LogP contribution in [0.1, 0.15) is 88.1 Å². The molecule has 4 fully saturated rings. The van der Waals surface area contributed by atoms with Crippen LogP contribution in [-0.2, 0) is 4.74 Å². The molecule has 4 aliphatic carbocycles. The average Bonchev–Trinajstić information content (AvgIpc) is 2.70. The lowest BCUT2D eigenvalue weighted by atomic mass is 9.44. The Bertz CT molecular complexity index is 687. The first-order valence-electron chi connectivity index (χ1n) is 11.4. The maximum atomic E-state index is 11.8. The zero-order valence-electron chi connectivity index (χ0n) is 18.0. The van der Waals surface area contributed by atoms with Gasteiger partial charge in [0.1, 0.15) is 0 Å². The molecule has 0 unspecified atom stereocenters. The second-order valence-electron chi connectivity index (χ2n) is 10.1. The third-order valence-electron chi connectivity index (χ3n) is 8.42. The van der Waals surface area contributed by atoms with Crippen LogP contribution in [0.25, 0.3) is 0 Å². The normalized spacial score (nSPS) is 36.4. The fraction of sp³-hybridized carbons (Fsp3) is 0.720. The van der Waals surface area contributed by atoms with E-state index < -0.39 is 0 Å². The Morgan fingerprint density at radius 2 is 1.79 bits per heavy atom. The van der Waals surface area contributed by atoms with E-state index in [-0.39, 0.29) is 5.97 Å². The van der Waals surface area contributed by atoms with Gasteiger partial charge in [-0.25, -0.2) is 4.79 Å². The van der Waals surface area contributed by atoms with Crippen molar-refractivity contribution in [2.24, 2.45) is 23.2 Å². The Balaban J connectivity index is 1.28. The maximum absolute atomic E-state index is 11.8. The number of carbonyl (C=O) groups is 1. The molecule has 28 heavy (non-hydrogen) atoms. The molecule has 4 saturated carbocycles. The summed E-state index contributed by atoms with van der Waals surface area (Å²) in [6.45, 7) is 9.72. The lowest BCUT2D eigenvalue weighted by Crippen LogP contribution is -2.61. The van der Waals surface area contributed by atoms with Gasteiger partial charge in [-0.2, -0.15) is 0 Å². The van der Waals surface area contributed by atoms with Crippen LogP contribution in [0.2, 0.25) is 0 Å².